The fourth-order valence-electron chi connectivity index (χ4n) is 2.31. The Morgan fingerprint density at radius 2 is 2.09 bits per heavy atom. The molecule has 0 fully saturated rings. The van der Waals surface area contributed by atoms with E-state index in [0.29, 0.717) is 32.8 Å². The van der Waals surface area contributed by atoms with Crippen LogP contribution in [0.4, 0.5) is 0 Å². The van der Waals surface area contributed by atoms with Gasteiger partial charge in [-0.1, -0.05) is 5.21 Å². The van der Waals surface area contributed by atoms with Gasteiger partial charge in [0.05, 0.1) is 31.2 Å². The maximum absolute atomic E-state index is 12.1. The molecule has 1 aromatic heterocycles. The summed E-state index contributed by atoms with van der Waals surface area (Å²) < 4.78 is 33.2. The number of aromatic nitrogens is 3. The smallest absolute Gasteiger partial charge is 0.214 e. The maximum atomic E-state index is 12.1. The third kappa shape index (κ3) is 4.25. The first-order valence-corrected chi connectivity index (χ1v) is 9.16. The minimum atomic E-state index is -3.20. The Morgan fingerprint density at radius 1 is 1.32 bits per heavy atom. The molecule has 0 spiro atoms. The third-order valence-electron chi connectivity index (χ3n) is 3.70. The van der Waals surface area contributed by atoms with E-state index in [-0.39, 0.29) is 5.75 Å². The number of aryl methyl sites for hydroxylation is 1. The molecule has 2 rings (SSSR count). The van der Waals surface area contributed by atoms with Gasteiger partial charge in [0.25, 0.3) is 0 Å². The molecule has 0 aliphatic carbocycles. The lowest BCUT2D eigenvalue weighted by molar-refractivity contribution is 0.102. The minimum absolute atomic E-state index is 0.114. The second kappa shape index (κ2) is 7.49. The van der Waals surface area contributed by atoms with E-state index < -0.39 is 10.0 Å². The van der Waals surface area contributed by atoms with Crippen molar-refractivity contribution < 1.29 is 13.2 Å². The minimum Gasteiger partial charge on any atom is -0.374 e. The zero-order chi connectivity index (χ0) is 16.2. The molecule has 0 atom stereocenters. The highest BCUT2D eigenvalue weighted by Crippen LogP contribution is 2.18. The van der Waals surface area contributed by atoms with Crippen LogP contribution in [0, 0.1) is 0 Å². The highest BCUT2D eigenvalue weighted by atomic mass is 32.2. The fraction of sp³-hybridized carbons (Fsp3) is 0.846. The lowest BCUT2D eigenvalue weighted by Crippen LogP contribution is -2.32. The second-order valence-corrected chi connectivity index (χ2v) is 7.91. The van der Waals surface area contributed by atoms with E-state index in [2.05, 4.69) is 10.3 Å². The van der Waals surface area contributed by atoms with Crippen molar-refractivity contribution in [2.24, 2.45) is 0 Å². The van der Waals surface area contributed by atoms with Crippen LogP contribution in [-0.2, 0) is 34.5 Å². The van der Waals surface area contributed by atoms with Crippen molar-refractivity contribution in [3.63, 3.8) is 0 Å². The number of ether oxygens (including phenoxy) is 1. The number of hydrogen-bond acceptors (Lipinski definition) is 6. The topological polar surface area (TPSA) is 80.6 Å². The highest BCUT2D eigenvalue weighted by molar-refractivity contribution is 7.89. The van der Waals surface area contributed by atoms with Crippen LogP contribution in [0.15, 0.2) is 0 Å². The van der Waals surface area contributed by atoms with E-state index in [4.69, 9.17) is 4.74 Å². The molecule has 0 saturated heterocycles. The number of nitrogens with zero attached hydrogens (tertiary/aromatic N) is 5. The van der Waals surface area contributed by atoms with Crippen molar-refractivity contribution in [2.45, 2.75) is 33.0 Å². The van der Waals surface area contributed by atoms with E-state index in [1.54, 1.807) is 11.6 Å². The first-order chi connectivity index (χ1) is 10.4. The van der Waals surface area contributed by atoms with Gasteiger partial charge >= 0.3 is 0 Å². The van der Waals surface area contributed by atoms with Crippen LogP contribution in [0.3, 0.4) is 0 Å². The molecule has 9 heteroatoms. The zero-order valence-electron chi connectivity index (χ0n) is 13.5. The number of sulfonamides is 1. The van der Waals surface area contributed by atoms with Gasteiger partial charge in [-0.3, -0.25) is 0 Å². The molecule has 0 amide bonds. The molecule has 22 heavy (non-hydrogen) atoms. The van der Waals surface area contributed by atoms with Crippen LogP contribution in [0.2, 0.25) is 0 Å². The van der Waals surface area contributed by atoms with Gasteiger partial charge in [0.15, 0.2) is 0 Å². The van der Waals surface area contributed by atoms with E-state index in [1.807, 2.05) is 19.0 Å². The van der Waals surface area contributed by atoms with Crippen LogP contribution in [-0.4, -0.2) is 72.2 Å². The summed E-state index contributed by atoms with van der Waals surface area (Å²) in [4.78, 5) is 2.04. The standard InChI is InChI=1S/C13H25N5O3S/c1-4-22(19,20)17-6-5-7-18-13(10-17)12(14-15-18)11-21-9-8-16(2)3/h4-11H2,1-3H3. The molecule has 0 radical (unpaired) electrons. The summed E-state index contributed by atoms with van der Waals surface area (Å²) in [5, 5.41) is 8.28. The molecule has 0 unspecified atom stereocenters. The van der Waals surface area contributed by atoms with Crippen molar-refractivity contribution in [3.05, 3.63) is 11.4 Å². The molecule has 8 nitrogen and oxygen atoms in total. The summed E-state index contributed by atoms with van der Waals surface area (Å²) >= 11 is 0. The largest absolute Gasteiger partial charge is 0.374 e. The Hall–Kier alpha value is -1.03. The quantitative estimate of drug-likeness (QED) is 0.650. The van der Waals surface area contributed by atoms with E-state index in [9.17, 15) is 8.42 Å². The summed E-state index contributed by atoms with van der Waals surface area (Å²) in [6, 6.07) is 0. The summed E-state index contributed by atoms with van der Waals surface area (Å²) in [6.07, 6.45) is 0.747. The maximum Gasteiger partial charge on any atom is 0.214 e. The molecule has 0 saturated carbocycles. The Bertz CT molecular complexity index is 584. The van der Waals surface area contributed by atoms with Crippen LogP contribution in [0.25, 0.3) is 0 Å². The van der Waals surface area contributed by atoms with Crippen molar-refractivity contribution in [1.82, 2.24) is 24.2 Å². The number of hydrogen-bond donors (Lipinski definition) is 0. The van der Waals surface area contributed by atoms with Crippen LogP contribution in [0.5, 0.6) is 0 Å². The van der Waals surface area contributed by atoms with Gasteiger partial charge in [-0.25, -0.2) is 13.1 Å². The summed E-state index contributed by atoms with van der Waals surface area (Å²) in [6.45, 7) is 5.02. The Kier molecular flexibility index (Phi) is 5.90. The van der Waals surface area contributed by atoms with Crippen LogP contribution in [0.1, 0.15) is 24.7 Å². The van der Waals surface area contributed by atoms with Crippen molar-refractivity contribution in [2.75, 3.05) is 39.5 Å². The highest BCUT2D eigenvalue weighted by Gasteiger charge is 2.26. The zero-order valence-corrected chi connectivity index (χ0v) is 14.3. The van der Waals surface area contributed by atoms with E-state index in [1.165, 1.54) is 4.31 Å². The summed E-state index contributed by atoms with van der Waals surface area (Å²) in [5.74, 6) is 0.114. The van der Waals surface area contributed by atoms with Gasteiger partial charge in [0.2, 0.25) is 10.0 Å². The van der Waals surface area contributed by atoms with Gasteiger partial charge in [-0.2, -0.15) is 4.31 Å². The molecule has 0 aromatic carbocycles. The summed E-state index contributed by atoms with van der Waals surface area (Å²) in [5.41, 5.74) is 1.58. The van der Waals surface area contributed by atoms with Crippen molar-refractivity contribution in [3.8, 4) is 0 Å². The van der Waals surface area contributed by atoms with E-state index in [0.717, 1.165) is 24.4 Å². The summed E-state index contributed by atoms with van der Waals surface area (Å²) in [7, 11) is 0.773. The van der Waals surface area contributed by atoms with Gasteiger partial charge in [-0.15, -0.1) is 5.10 Å². The Labute approximate surface area is 132 Å². The second-order valence-electron chi connectivity index (χ2n) is 5.65. The molecule has 0 bridgehead atoms. The molecular formula is C13H25N5O3S. The molecule has 0 N–H and O–H groups in total. The molecule has 1 aliphatic heterocycles. The van der Waals surface area contributed by atoms with Gasteiger partial charge in [0, 0.05) is 19.6 Å². The monoisotopic (exact) mass is 331 g/mol. The molecule has 126 valence electrons. The van der Waals surface area contributed by atoms with Crippen molar-refractivity contribution in [1.29, 1.82) is 0 Å². The SMILES string of the molecule is CCS(=O)(=O)N1CCCn2nnc(COCCN(C)C)c2C1. The van der Waals surface area contributed by atoms with Gasteiger partial charge in [-0.05, 0) is 27.4 Å². The molecule has 2 heterocycles. The number of likely N-dealkylation sites (N-methyl/N-ethyl adjacent to an activating group) is 1. The Morgan fingerprint density at radius 3 is 2.77 bits per heavy atom. The van der Waals surface area contributed by atoms with Gasteiger partial charge in [0.1, 0.15) is 5.69 Å². The van der Waals surface area contributed by atoms with Gasteiger partial charge < -0.3 is 9.64 Å². The van der Waals surface area contributed by atoms with Crippen molar-refractivity contribution >= 4 is 10.0 Å². The fourth-order valence-corrected chi connectivity index (χ4v) is 3.40. The lowest BCUT2D eigenvalue weighted by Gasteiger charge is -2.18. The normalized spacial score (nSPS) is 16.7. The molecule has 1 aromatic rings. The predicted octanol–water partition coefficient (Wildman–Crippen LogP) is -0.0883. The number of fused-ring (bicyclic) bond motifs is 1. The van der Waals surface area contributed by atoms with E-state index >= 15 is 0 Å². The average molecular weight is 331 g/mol. The predicted molar refractivity (Wildman–Crippen MR) is 82.7 cm³/mol. The Balaban J connectivity index is 2.06. The third-order valence-corrected chi connectivity index (χ3v) is 5.53. The average Bonchev–Trinajstić information content (AvgIpc) is 2.71. The molecule has 1 aliphatic rings. The lowest BCUT2D eigenvalue weighted by atomic mass is 10.3. The van der Waals surface area contributed by atoms with Crippen LogP contribution >= 0.6 is 0 Å². The van der Waals surface area contributed by atoms with Crippen LogP contribution < -0.4 is 0 Å². The first kappa shape index (κ1) is 17.3. The number of rotatable bonds is 7. The first-order valence-electron chi connectivity index (χ1n) is 7.55. The molecular weight excluding hydrogens is 306 g/mol.